The highest BCUT2D eigenvalue weighted by Gasteiger charge is 2.69. The predicted octanol–water partition coefficient (Wildman–Crippen LogP) is 7.03. The predicted molar refractivity (Wildman–Crippen MR) is 143 cm³/mol. The molecule has 3 saturated heterocycles. The first-order valence-electron chi connectivity index (χ1n) is 16.0. The summed E-state index contributed by atoms with van der Waals surface area (Å²) in [5.41, 5.74) is 0.807. The average molecular weight is 514 g/mol. The molecular formula is C32H51NO4. The third-order valence-electron chi connectivity index (χ3n) is 13.5. The minimum Gasteiger partial charge on any atom is -0.446 e. The zero-order chi connectivity index (χ0) is 25.6. The molecule has 0 aromatic carbocycles. The van der Waals surface area contributed by atoms with Crippen molar-refractivity contribution in [2.75, 3.05) is 19.7 Å². The van der Waals surface area contributed by atoms with Crippen molar-refractivity contribution in [1.82, 2.24) is 4.90 Å². The van der Waals surface area contributed by atoms with E-state index in [1.54, 1.807) is 0 Å². The van der Waals surface area contributed by atoms with Crippen molar-refractivity contribution >= 4 is 6.09 Å². The van der Waals surface area contributed by atoms with Gasteiger partial charge in [0.2, 0.25) is 0 Å². The summed E-state index contributed by atoms with van der Waals surface area (Å²) >= 11 is 0. The van der Waals surface area contributed by atoms with Gasteiger partial charge in [-0.3, -0.25) is 0 Å². The lowest BCUT2D eigenvalue weighted by molar-refractivity contribution is -0.273. The number of hydrogen-bond acceptors (Lipinski definition) is 4. The average Bonchev–Trinajstić information content (AvgIpc) is 3.57. The Hall–Kier alpha value is -0.810. The van der Waals surface area contributed by atoms with Crippen LogP contribution in [0.2, 0.25) is 0 Å². The molecule has 0 aromatic heterocycles. The zero-order valence-electron chi connectivity index (χ0n) is 23.9. The lowest BCUT2D eigenvalue weighted by Gasteiger charge is -2.61. The Morgan fingerprint density at radius 1 is 0.892 bits per heavy atom. The van der Waals surface area contributed by atoms with Crippen LogP contribution in [-0.4, -0.2) is 48.7 Å². The van der Waals surface area contributed by atoms with Crippen LogP contribution in [-0.2, 0) is 14.2 Å². The van der Waals surface area contributed by atoms with E-state index in [4.69, 9.17) is 14.2 Å². The Morgan fingerprint density at radius 3 is 2.43 bits per heavy atom. The summed E-state index contributed by atoms with van der Waals surface area (Å²) < 4.78 is 19.5. The van der Waals surface area contributed by atoms with Crippen LogP contribution in [0, 0.1) is 52.3 Å². The Morgan fingerprint density at radius 2 is 1.68 bits per heavy atom. The number of carbonyl (C=O) groups excluding carboxylic acids is 1. The van der Waals surface area contributed by atoms with E-state index < -0.39 is 0 Å². The molecule has 4 aliphatic carbocycles. The van der Waals surface area contributed by atoms with Crippen molar-refractivity contribution in [3.63, 3.8) is 0 Å². The van der Waals surface area contributed by atoms with Crippen molar-refractivity contribution in [3.05, 3.63) is 0 Å². The van der Waals surface area contributed by atoms with Gasteiger partial charge in [-0.05, 0) is 117 Å². The molecule has 3 aliphatic heterocycles. The van der Waals surface area contributed by atoms with E-state index in [0.717, 1.165) is 69.6 Å². The van der Waals surface area contributed by atoms with Crippen LogP contribution >= 0.6 is 0 Å². The maximum atomic E-state index is 12.7. The molecule has 0 unspecified atom stereocenters. The van der Waals surface area contributed by atoms with Gasteiger partial charge in [-0.2, -0.15) is 0 Å². The third kappa shape index (κ3) is 3.71. The molecule has 1 spiro atoms. The van der Waals surface area contributed by atoms with Crippen LogP contribution in [0.3, 0.4) is 0 Å². The van der Waals surface area contributed by atoms with Gasteiger partial charge in [0, 0.05) is 25.4 Å². The second-order valence-electron chi connectivity index (χ2n) is 15.1. The first-order chi connectivity index (χ1) is 17.7. The van der Waals surface area contributed by atoms with Crippen LogP contribution in [0.4, 0.5) is 4.79 Å². The summed E-state index contributed by atoms with van der Waals surface area (Å²) in [7, 11) is 0. The fourth-order valence-corrected chi connectivity index (χ4v) is 11.5. The lowest BCUT2D eigenvalue weighted by atomic mass is 9.44. The largest absolute Gasteiger partial charge is 0.446 e. The van der Waals surface area contributed by atoms with Gasteiger partial charge in [-0.1, -0.05) is 27.7 Å². The number of likely N-dealkylation sites (tertiary alicyclic amines) is 1. The van der Waals surface area contributed by atoms with Gasteiger partial charge in [-0.25, -0.2) is 4.79 Å². The Kier molecular flexibility index (Phi) is 6.02. The molecule has 5 heteroatoms. The molecule has 7 aliphatic rings. The van der Waals surface area contributed by atoms with E-state index in [1.807, 2.05) is 4.90 Å². The normalized spacial score (nSPS) is 54.9. The fraction of sp³-hybridized carbons (Fsp3) is 0.969. The van der Waals surface area contributed by atoms with E-state index in [1.165, 1.54) is 44.9 Å². The van der Waals surface area contributed by atoms with E-state index in [-0.39, 0.29) is 18.0 Å². The van der Waals surface area contributed by atoms with Gasteiger partial charge in [0.1, 0.15) is 6.10 Å². The maximum Gasteiger partial charge on any atom is 0.410 e. The van der Waals surface area contributed by atoms with Crippen LogP contribution < -0.4 is 0 Å². The molecule has 4 saturated carbocycles. The number of rotatable bonds is 1. The number of amides is 1. The van der Waals surface area contributed by atoms with Gasteiger partial charge >= 0.3 is 6.09 Å². The molecule has 208 valence electrons. The van der Waals surface area contributed by atoms with Crippen molar-refractivity contribution in [2.24, 2.45) is 52.3 Å². The smallest absolute Gasteiger partial charge is 0.410 e. The minimum absolute atomic E-state index is 0.0472. The number of nitrogens with zero attached hydrogens (tertiary/aromatic N) is 1. The van der Waals surface area contributed by atoms with Gasteiger partial charge < -0.3 is 19.1 Å². The Labute approximate surface area is 224 Å². The molecule has 7 fully saturated rings. The number of fused-ring (bicyclic) bond motifs is 7. The van der Waals surface area contributed by atoms with Gasteiger partial charge in [-0.15, -0.1) is 0 Å². The highest BCUT2D eigenvalue weighted by Crippen LogP contribution is 2.71. The van der Waals surface area contributed by atoms with Crippen molar-refractivity contribution in [3.8, 4) is 0 Å². The van der Waals surface area contributed by atoms with Crippen molar-refractivity contribution in [2.45, 2.75) is 123 Å². The molecule has 0 bridgehead atoms. The fourth-order valence-electron chi connectivity index (χ4n) is 11.5. The summed E-state index contributed by atoms with van der Waals surface area (Å²) in [6.07, 6.45) is 15.1. The molecular weight excluding hydrogens is 462 g/mol. The SMILES string of the molecule is C[C@H]1CC[C@@]2(OC1)O[C@H]1C[C@H]3[C@@H]4CC[C@@H]5C[C@@H](OC(=O)N6CCCC6)CC[C@]5(C)[C@H]4CC[C@]3(C)[C@H]1[C@@H]2C. The van der Waals surface area contributed by atoms with Gasteiger partial charge in [0.25, 0.3) is 0 Å². The molecule has 3 heterocycles. The molecule has 0 radical (unpaired) electrons. The van der Waals surface area contributed by atoms with Crippen molar-refractivity contribution < 1.29 is 19.0 Å². The van der Waals surface area contributed by atoms with E-state index in [9.17, 15) is 4.79 Å². The van der Waals surface area contributed by atoms with Crippen molar-refractivity contribution in [1.29, 1.82) is 0 Å². The highest BCUT2D eigenvalue weighted by molar-refractivity contribution is 5.68. The van der Waals surface area contributed by atoms with Crippen LogP contribution in [0.5, 0.6) is 0 Å². The molecule has 5 nitrogen and oxygen atoms in total. The molecule has 1 amide bonds. The topological polar surface area (TPSA) is 48.0 Å². The lowest BCUT2D eigenvalue weighted by Crippen LogP contribution is -2.55. The number of ether oxygens (including phenoxy) is 3. The van der Waals surface area contributed by atoms with Gasteiger partial charge in [0.05, 0.1) is 12.7 Å². The minimum atomic E-state index is -0.304. The second kappa shape index (κ2) is 8.85. The molecule has 0 N–H and O–H groups in total. The first kappa shape index (κ1) is 25.2. The highest BCUT2D eigenvalue weighted by atomic mass is 16.7. The number of carbonyl (C=O) groups is 1. The quantitative estimate of drug-likeness (QED) is 0.377. The number of hydrogen-bond donors (Lipinski definition) is 0. The molecule has 37 heavy (non-hydrogen) atoms. The first-order valence-corrected chi connectivity index (χ1v) is 16.0. The summed E-state index contributed by atoms with van der Waals surface area (Å²) in [5.74, 6) is 4.69. The summed E-state index contributed by atoms with van der Waals surface area (Å²) in [6.45, 7) is 12.7. The summed E-state index contributed by atoms with van der Waals surface area (Å²) in [5, 5.41) is 0. The standard InChI is InChI=1S/C32H51NO4/c1-20-9-14-32(35-19-20)21(2)28-27(37-32)18-26-24-8-7-22-17-23(36-29(34)33-15-5-6-16-33)10-12-30(22,3)25(24)11-13-31(26,28)4/h20-28H,5-19H2,1-4H3/t20-,21-,22+,23-,24+,25-,26-,27-,28-,30-,31-,32+/m0/s1. The molecule has 0 aromatic rings. The van der Waals surface area contributed by atoms with E-state index in [2.05, 4.69) is 27.7 Å². The zero-order valence-corrected chi connectivity index (χ0v) is 23.9. The van der Waals surface area contributed by atoms with Crippen LogP contribution in [0.25, 0.3) is 0 Å². The third-order valence-corrected chi connectivity index (χ3v) is 13.5. The summed E-state index contributed by atoms with van der Waals surface area (Å²) in [6, 6.07) is 0. The van der Waals surface area contributed by atoms with Crippen LogP contribution in [0.15, 0.2) is 0 Å². The van der Waals surface area contributed by atoms with E-state index >= 15 is 0 Å². The second-order valence-corrected chi connectivity index (χ2v) is 15.1. The molecule has 7 rings (SSSR count). The monoisotopic (exact) mass is 513 g/mol. The Balaban J connectivity index is 1.04. The van der Waals surface area contributed by atoms with Crippen LogP contribution in [0.1, 0.15) is 105 Å². The van der Waals surface area contributed by atoms with Gasteiger partial charge in [0.15, 0.2) is 5.79 Å². The Bertz CT molecular complexity index is 893. The maximum absolute atomic E-state index is 12.7. The molecule has 12 atom stereocenters. The van der Waals surface area contributed by atoms with E-state index in [0.29, 0.717) is 40.6 Å². The summed E-state index contributed by atoms with van der Waals surface area (Å²) in [4.78, 5) is 14.6.